The van der Waals surface area contributed by atoms with Crippen molar-refractivity contribution in [2.45, 2.75) is 25.4 Å². The van der Waals surface area contributed by atoms with Crippen molar-refractivity contribution >= 4 is 0 Å². The molecule has 0 radical (unpaired) electrons. The molecule has 24 heavy (non-hydrogen) atoms. The third kappa shape index (κ3) is 4.36. The van der Waals surface area contributed by atoms with Crippen LogP contribution in [-0.4, -0.2) is 30.3 Å². The van der Waals surface area contributed by atoms with Crippen molar-refractivity contribution in [1.29, 1.82) is 0 Å². The summed E-state index contributed by atoms with van der Waals surface area (Å²) in [5.41, 5.74) is 1.90. The Balaban J connectivity index is 1.64. The lowest BCUT2D eigenvalue weighted by molar-refractivity contribution is -0.196. The molecule has 2 atom stereocenters. The summed E-state index contributed by atoms with van der Waals surface area (Å²) in [4.78, 5) is 1.82. The van der Waals surface area contributed by atoms with E-state index in [1.807, 2.05) is 65.6 Å². The molecule has 2 aromatic carbocycles. The van der Waals surface area contributed by atoms with Gasteiger partial charge in [-0.15, -0.1) is 0 Å². The number of likely N-dealkylation sites (tertiary alicyclic amines) is 1. The van der Waals surface area contributed by atoms with Crippen molar-refractivity contribution in [3.05, 3.63) is 71.8 Å². The zero-order valence-electron chi connectivity index (χ0n) is 13.2. The molecule has 0 N–H and O–H groups in total. The van der Waals surface area contributed by atoms with Gasteiger partial charge in [-0.1, -0.05) is 60.7 Å². The van der Waals surface area contributed by atoms with Gasteiger partial charge in [0.2, 0.25) is 0 Å². The minimum absolute atomic E-state index is 0.0160. The van der Waals surface area contributed by atoms with Crippen LogP contribution in [0.15, 0.2) is 60.7 Å². The van der Waals surface area contributed by atoms with Crippen molar-refractivity contribution in [2.75, 3.05) is 13.1 Å². The number of ether oxygens (including phenoxy) is 1. The Kier molecular flexibility index (Phi) is 5.21. The van der Waals surface area contributed by atoms with Crippen LogP contribution in [0.4, 0.5) is 13.2 Å². The SMILES string of the molecule is FC(F)(F)C1CN(Cc2ccccc2)C[C@H]1OCc1ccccc1. The number of halogens is 3. The van der Waals surface area contributed by atoms with Crippen LogP contribution < -0.4 is 0 Å². The van der Waals surface area contributed by atoms with E-state index in [1.165, 1.54) is 0 Å². The number of nitrogens with zero attached hydrogens (tertiary/aromatic N) is 1. The number of alkyl halides is 3. The maximum absolute atomic E-state index is 13.3. The van der Waals surface area contributed by atoms with Gasteiger partial charge in [0.15, 0.2) is 0 Å². The fraction of sp³-hybridized carbons (Fsp3) is 0.368. The summed E-state index contributed by atoms with van der Waals surface area (Å²) in [5, 5.41) is 0. The van der Waals surface area contributed by atoms with Crippen LogP contribution in [0, 0.1) is 5.92 Å². The molecule has 0 amide bonds. The second-order valence-corrected chi connectivity index (χ2v) is 6.16. The molecule has 1 aliphatic rings. The largest absolute Gasteiger partial charge is 0.395 e. The number of rotatable bonds is 5. The van der Waals surface area contributed by atoms with Crippen LogP contribution in [0.2, 0.25) is 0 Å². The predicted octanol–water partition coefficient (Wildman–Crippen LogP) is 4.27. The van der Waals surface area contributed by atoms with Gasteiger partial charge in [0.25, 0.3) is 0 Å². The van der Waals surface area contributed by atoms with Gasteiger partial charge in [-0.25, -0.2) is 0 Å². The zero-order chi connectivity index (χ0) is 17.0. The van der Waals surface area contributed by atoms with Crippen molar-refractivity contribution < 1.29 is 17.9 Å². The number of hydrogen-bond donors (Lipinski definition) is 0. The standard InChI is InChI=1S/C19H20F3NO/c20-19(21,22)17-12-23(11-15-7-3-1-4-8-15)13-18(17)24-14-16-9-5-2-6-10-16/h1-10,17-18H,11-14H2/t17?,18-/m1/s1. The monoisotopic (exact) mass is 335 g/mol. The summed E-state index contributed by atoms with van der Waals surface area (Å²) in [6.45, 7) is 1.000. The van der Waals surface area contributed by atoms with Gasteiger partial charge >= 0.3 is 6.18 Å². The van der Waals surface area contributed by atoms with E-state index in [0.29, 0.717) is 13.1 Å². The molecule has 1 fully saturated rings. The normalized spacial score (nSPS) is 22.0. The summed E-state index contributed by atoms with van der Waals surface area (Å²) in [7, 11) is 0. The Labute approximate surface area is 139 Å². The average Bonchev–Trinajstić information content (AvgIpc) is 2.98. The third-order valence-corrected chi connectivity index (χ3v) is 4.32. The quantitative estimate of drug-likeness (QED) is 0.809. The van der Waals surface area contributed by atoms with Crippen LogP contribution in [-0.2, 0) is 17.9 Å². The van der Waals surface area contributed by atoms with Crippen LogP contribution >= 0.6 is 0 Å². The molecule has 1 unspecified atom stereocenters. The molecule has 5 heteroatoms. The first kappa shape index (κ1) is 17.0. The lowest BCUT2D eigenvalue weighted by Gasteiger charge is -2.21. The highest BCUT2D eigenvalue weighted by Gasteiger charge is 2.50. The van der Waals surface area contributed by atoms with Crippen LogP contribution in [0.3, 0.4) is 0 Å². The smallest absolute Gasteiger partial charge is 0.372 e. The van der Waals surface area contributed by atoms with Crippen LogP contribution in [0.1, 0.15) is 11.1 Å². The Bertz CT molecular complexity index is 630. The molecular formula is C19H20F3NO. The summed E-state index contributed by atoms with van der Waals surface area (Å²) < 4.78 is 45.7. The van der Waals surface area contributed by atoms with E-state index in [-0.39, 0.29) is 13.2 Å². The highest BCUT2D eigenvalue weighted by Crippen LogP contribution is 2.36. The summed E-state index contributed by atoms with van der Waals surface area (Å²) in [6, 6.07) is 18.9. The van der Waals surface area contributed by atoms with E-state index >= 15 is 0 Å². The molecule has 0 aliphatic carbocycles. The van der Waals surface area contributed by atoms with E-state index in [0.717, 1.165) is 11.1 Å². The van der Waals surface area contributed by atoms with Crippen molar-refractivity contribution in [3.63, 3.8) is 0 Å². The number of hydrogen-bond acceptors (Lipinski definition) is 2. The first-order valence-electron chi connectivity index (χ1n) is 8.01. The highest BCUT2D eigenvalue weighted by molar-refractivity contribution is 5.15. The number of benzene rings is 2. The van der Waals surface area contributed by atoms with E-state index < -0.39 is 18.2 Å². The van der Waals surface area contributed by atoms with E-state index in [2.05, 4.69) is 0 Å². The average molecular weight is 335 g/mol. The molecule has 128 valence electrons. The molecule has 0 spiro atoms. The summed E-state index contributed by atoms with van der Waals surface area (Å²) in [5.74, 6) is -1.44. The molecule has 2 nitrogen and oxygen atoms in total. The minimum atomic E-state index is -4.24. The van der Waals surface area contributed by atoms with Gasteiger partial charge < -0.3 is 4.74 Å². The fourth-order valence-electron chi connectivity index (χ4n) is 3.08. The molecule has 0 aromatic heterocycles. The summed E-state index contributed by atoms with van der Waals surface area (Å²) in [6.07, 6.45) is -5.07. The van der Waals surface area contributed by atoms with Crippen molar-refractivity contribution in [2.24, 2.45) is 5.92 Å². The first-order valence-corrected chi connectivity index (χ1v) is 8.01. The second-order valence-electron chi connectivity index (χ2n) is 6.16. The van der Waals surface area contributed by atoms with Gasteiger partial charge in [-0.05, 0) is 11.1 Å². The van der Waals surface area contributed by atoms with Gasteiger partial charge in [0.05, 0.1) is 18.6 Å². The molecule has 2 aromatic rings. The minimum Gasteiger partial charge on any atom is -0.372 e. The molecule has 0 bridgehead atoms. The van der Waals surface area contributed by atoms with Gasteiger partial charge in [0, 0.05) is 19.6 Å². The molecule has 3 rings (SSSR count). The Hall–Kier alpha value is -1.85. The van der Waals surface area contributed by atoms with E-state index in [1.54, 1.807) is 0 Å². The molecule has 1 heterocycles. The first-order chi connectivity index (χ1) is 11.5. The molecular weight excluding hydrogens is 315 g/mol. The van der Waals surface area contributed by atoms with Crippen LogP contribution in [0.25, 0.3) is 0 Å². The third-order valence-electron chi connectivity index (χ3n) is 4.32. The Morgan fingerprint density at radius 2 is 1.46 bits per heavy atom. The maximum Gasteiger partial charge on any atom is 0.395 e. The van der Waals surface area contributed by atoms with E-state index in [9.17, 15) is 13.2 Å². The van der Waals surface area contributed by atoms with Gasteiger partial charge in [0.1, 0.15) is 0 Å². The van der Waals surface area contributed by atoms with Crippen molar-refractivity contribution in [1.82, 2.24) is 4.90 Å². The summed E-state index contributed by atoms with van der Waals surface area (Å²) >= 11 is 0. The van der Waals surface area contributed by atoms with Crippen LogP contribution in [0.5, 0.6) is 0 Å². The maximum atomic E-state index is 13.3. The Morgan fingerprint density at radius 3 is 2.04 bits per heavy atom. The molecule has 1 saturated heterocycles. The van der Waals surface area contributed by atoms with Gasteiger partial charge in [-0.3, -0.25) is 4.90 Å². The van der Waals surface area contributed by atoms with Gasteiger partial charge in [-0.2, -0.15) is 13.2 Å². The molecule has 0 saturated carbocycles. The highest BCUT2D eigenvalue weighted by atomic mass is 19.4. The van der Waals surface area contributed by atoms with E-state index in [4.69, 9.17) is 4.74 Å². The molecule has 1 aliphatic heterocycles. The Morgan fingerprint density at radius 1 is 0.875 bits per heavy atom. The zero-order valence-corrected chi connectivity index (χ0v) is 13.2. The lowest BCUT2D eigenvalue weighted by Crippen LogP contribution is -2.34. The topological polar surface area (TPSA) is 12.5 Å². The lowest BCUT2D eigenvalue weighted by atomic mass is 10.1. The predicted molar refractivity (Wildman–Crippen MR) is 86.3 cm³/mol. The fourth-order valence-corrected chi connectivity index (χ4v) is 3.08. The second kappa shape index (κ2) is 7.36. The van der Waals surface area contributed by atoms with Crippen molar-refractivity contribution in [3.8, 4) is 0 Å².